The molecular formula is C18H23NO5. The van der Waals surface area contributed by atoms with Gasteiger partial charge in [-0.1, -0.05) is 18.7 Å². The van der Waals surface area contributed by atoms with E-state index in [1.165, 1.54) is 14.0 Å². The van der Waals surface area contributed by atoms with E-state index < -0.39 is 18.0 Å². The van der Waals surface area contributed by atoms with E-state index in [2.05, 4.69) is 11.9 Å². The zero-order chi connectivity index (χ0) is 18.1. The van der Waals surface area contributed by atoms with Crippen LogP contribution in [0.1, 0.15) is 19.4 Å². The standard InChI is InChI=1S/C18H23NO5/c1-12(10-13(2)22-4)19-18(21)14(3)24-17(20)11-15-6-8-16(23-5)9-7-15/h6-10,14H,1,11H2,2-5H3,(H,19,21). The van der Waals surface area contributed by atoms with Crippen LogP contribution in [0.2, 0.25) is 0 Å². The Morgan fingerprint density at radius 3 is 2.42 bits per heavy atom. The minimum atomic E-state index is -0.927. The Bertz CT molecular complexity index is 619. The summed E-state index contributed by atoms with van der Waals surface area (Å²) in [4.78, 5) is 23.9. The first-order chi connectivity index (χ1) is 11.3. The average Bonchev–Trinajstić information content (AvgIpc) is 2.54. The SMILES string of the molecule is C=C(C=C(C)OC)NC(=O)C(C)OC(=O)Cc1ccc(OC)cc1. The summed E-state index contributed by atoms with van der Waals surface area (Å²) < 4.78 is 15.1. The summed E-state index contributed by atoms with van der Waals surface area (Å²) in [7, 11) is 3.09. The van der Waals surface area contributed by atoms with Gasteiger partial charge < -0.3 is 19.5 Å². The summed E-state index contributed by atoms with van der Waals surface area (Å²) in [6, 6.07) is 7.05. The van der Waals surface area contributed by atoms with Crippen molar-refractivity contribution in [3.05, 3.63) is 53.9 Å². The van der Waals surface area contributed by atoms with Crippen LogP contribution in [0.4, 0.5) is 0 Å². The Morgan fingerprint density at radius 2 is 1.88 bits per heavy atom. The van der Waals surface area contributed by atoms with Gasteiger partial charge >= 0.3 is 5.97 Å². The summed E-state index contributed by atoms with van der Waals surface area (Å²) in [6.07, 6.45) is 0.721. The first-order valence-corrected chi connectivity index (χ1v) is 7.40. The average molecular weight is 333 g/mol. The summed E-state index contributed by atoms with van der Waals surface area (Å²) in [5, 5.41) is 2.55. The minimum Gasteiger partial charge on any atom is -0.501 e. The van der Waals surface area contributed by atoms with E-state index in [0.717, 1.165) is 5.56 Å². The molecule has 1 rings (SSSR count). The van der Waals surface area contributed by atoms with E-state index >= 15 is 0 Å². The van der Waals surface area contributed by atoms with Crippen LogP contribution in [-0.4, -0.2) is 32.2 Å². The van der Waals surface area contributed by atoms with Crippen molar-refractivity contribution in [1.29, 1.82) is 0 Å². The summed E-state index contributed by atoms with van der Waals surface area (Å²) >= 11 is 0. The predicted octanol–water partition coefficient (Wildman–Crippen LogP) is 2.35. The van der Waals surface area contributed by atoms with Crippen molar-refractivity contribution in [3.63, 3.8) is 0 Å². The highest BCUT2D eigenvalue weighted by molar-refractivity contribution is 5.85. The van der Waals surface area contributed by atoms with Crippen molar-refractivity contribution in [2.45, 2.75) is 26.4 Å². The molecule has 0 aliphatic rings. The molecule has 0 aliphatic heterocycles. The number of rotatable bonds is 8. The number of carbonyl (C=O) groups excluding carboxylic acids is 2. The fourth-order valence-electron chi connectivity index (χ4n) is 1.80. The van der Waals surface area contributed by atoms with Crippen LogP contribution in [0.5, 0.6) is 5.75 Å². The third kappa shape index (κ3) is 6.56. The lowest BCUT2D eigenvalue weighted by Gasteiger charge is -2.14. The monoisotopic (exact) mass is 333 g/mol. The van der Waals surface area contributed by atoms with Crippen LogP contribution >= 0.6 is 0 Å². The number of methoxy groups -OCH3 is 2. The first-order valence-electron chi connectivity index (χ1n) is 7.40. The molecule has 0 bridgehead atoms. The van der Waals surface area contributed by atoms with E-state index in [-0.39, 0.29) is 6.42 Å². The topological polar surface area (TPSA) is 73.9 Å². The van der Waals surface area contributed by atoms with E-state index in [1.807, 2.05) is 0 Å². The normalized spacial score (nSPS) is 12.1. The second kappa shape index (κ2) is 9.39. The second-order valence-electron chi connectivity index (χ2n) is 5.13. The van der Waals surface area contributed by atoms with Crippen molar-refractivity contribution in [2.75, 3.05) is 14.2 Å². The fraction of sp³-hybridized carbons (Fsp3) is 0.333. The Morgan fingerprint density at radius 1 is 1.25 bits per heavy atom. The molecule has 0 aromatic heterocycles. The van der Waals surface area contributed by atoms with Crippen LogP contribution in [0, 0.1) is 0 Å². The van der Waals surface area contributed by atoms with E-state index in [4.69, 9.17) is 14.2 Å². The van der Waals surface area contributed by atoms with Crippen LogP contribution < -0.4 is 10.1 Å². The van der Waals surface area contributed by atoms with Gasteiger partial charge in [0.2, 0.25) is 0 Å². The first kappa shape index (κ1) is 19.3. The maximum atomic E-state index is 12.0. The van der Waals surface area contributed by atoms with Crippen LogP contribution in [0.3, 0.4) is 0 Å². The summed E-state index contributed by atoms with van der Waals surface area (Å²) in [5.74, 6) is 0.363. The molecule has 0 saturated heterocycles. The van der Waals surface area contributed by atoms with Crippen molar-refractivity contribution in [3.8, 4) is 5.75 Å². The van der Waals surface area contributed by atoms with Crippen LogP contribution in [0.25, 0.3) is 0 Å². The molecule has 1 N–H and O–H groups in total. The van der Waals surface area contributed by atoms with Gasteiger partial charge in [-0.25, -0.2) is 0 Å². The lowest BCUT2D eigenvalue weighted by molar-refractivity contribution is -0.153. The Balaban J connectivity index is 2.50. The predicted molar refractivity (Wildman–Crippen MR) is 90.3 cm³/mol. The minimum absolute atomic E-state index is 0.0746. The molecule has 6 nitrogen and oxygen atoms in total. The fourth-order valence-corrected chi connectivity index (χ4v) is 1.80. The molecule has 6 heteroatoms. The van der Waals surface area contributed by atoms with Crippen molar-refractivity contribution in [1.82, 2.24) is 5.32 Å². The van der Waals surface area contributed by atoms with Crippen molar-refractivity contribution < 1.29 is 23.8 Å². The van der Waals surface area contributed by atoms with E-state index in [1.54, 1.807) is 44.4 Å². The molecule has 0 radical (unpaired) electrons. The van der Waals surface area contributed by atoms with Gasteiger partial charge in [-0.05, 0) is 37.6 Å². The largest absolute Gasteiger partial charge is 0.501 e. The Hall–Kier alpha value is -2.76. The highest BCUT2D eigenvalue weighted by Crippen LogP contribution is 2.12. The van der Waals surface area contributed by atoms with Gasteiger partial charge in [0.1, 0.15) is 5.75 Å². The summed E-state index contributed by atoms with van der Waals surface area (Å²) in [5.41, 5.74) is 1.13. The summed E-state index contributed by atoms with van der Waals surface area (Å²) in [6.45, 7) is 6.92. The molecule has 1 aromatic rings. The Kier molecular flexibility index (Phi) is 7.55. The van der Waals surface area contributed by atoms with E-state index in [9.17, 15) is 9.59 Å². The molecule has 0 heterocycles. The number of hydrogen-bond acceptors (Lipinski definition) is 5. The van der Waals surface area contributed by atoms with Gasteiger partial charge in [-0.2, -0.15) is 0 Å². The molecule has 130 valence electrons. The van der Waals surface area contributed by atoms with Gasteiger partial charge in [0.25, 0.3) is 5.91 Å². The number of esters is 1. The number of ether oxygens (including phenoxy) is 3. The lowest BCUT2D eigenvalue weighted by atomic mass is 10.1. The third-order valence-electron chi connectivity index (χ3n) is 3.17. The lowest BCUT2D eigenvalue weighted by Crippen LogP contribution is -2.35. The highest BCUT2D eigenvalue weighted by atomic mass is 16.5. The van der Waals surface area contributed by atoms with Gasteiger partial charge in [-0.3, -0.25) is 9.59 Å². The number of benzene rings is 1. The maximum absolute atomic E-state index is 12.0. The van der Waals surface area contributed by atoms with Gasteiger partial charge in [-0.15, -0.1) is 0 Å². The van der Waals surface area contributed by atoms with Gasteiger partial charge in [0, 0.05) is 5.70 Å². The molecule has 1 unspecified atom stereocenters. The quantitative estimate of drug-likeness (QED) is 0.449. The molecular weight excluding hydrogens is 310 g/mol. The number of nitrogens with one attached hydrogen (secondary N) is 1. The maximum Gasteiger partial charge on any atom is 0.311 e. The zero-order valence-electron chi connectivity index (χ0n) is 14.4. The number of carbonyl (C=O) groups is 2. The molecule has 1 aromatic carbocycles. The second-order valence-corrected chi connectivity index (χ2v) is 5.13. The van der Waals surface area contributed by atoms with Gasteiger partial charge in [0.15, 0.2) is 6.10 Å². The van der Waals surface area contributed by atoms with Gasteiger partial charge in [0.05, 0.1) is 26.4 Å². The molecule has 0 fully saturated rings. The molecule has 1 atom stereocenters. The third-order valence-corrected chi connectivity index (χ3v) is 3.17. The Labute approximate surface area is 142 Å². The van der Waals surface area contributed by atoms with Crippen LogP contribution in [0.15, 0.2) is 48.4 Å². The number of allylic oxidation sites excluding steroid dienone is 2. The molecule has 0 spiro atoms. The highest BCUT2D eigenvalue weighted by Gasteiger charge is 2.18. The smallest absolute Gasteiger partial charge is 0.311 e. The van der Waals surface area contributed by atoms with Crippen molar-refractivity contribution >= 4 is 11.9 Å². The molecule has 0 aliphatic carbocycles. The van der Waals surface area contributed by atoms with Crippen LogP contribution in [-0.2, 0) is 25.5 Å². The molecule has 1 amide bonds. The van der Waals surface area contributed by atoms with E-state index in [0.29, 0.717) is 17.2 Å². The number of hydrogen-bond donors (Lipinski definition) is 1. The number of amides is 1. The molecule has 24 heavy (non-hydrogen) atoms. The zero-order valence-corrected chi connectivity index (χ0v) is 14.4. The molecule has 0 saturated carbocycles. The van der Waals surface area contributed by atoms with Crippen molar-refractivity contribution in [2.24, 2.45) is 0 Å².